The van der Waals surface area contributed by atoms with E-state index in [1.165, 1.54) is 0 Å². The van der Waals surface area contributed by atoms with Crippen molar-refractivity contribution in [3.63, 3.8) is 0 Å². The zero-order chi connectivity index (χ0) is 27.6. The van der Waals surface area contributed by atoms with Crippen LogP contribution in [-0.4, -0.2) is 68.2 Å². The molecule has 3 heterocycles. The molecule has 2 aliphatic rings. The van der Waals surface area contributed by atoms with Gasteiger partial charge in [0, 0.05) is 24.7 Å². The lowest BCUT2D eigenvalue weighted by atomic mass is 9.77. The van der Waals surface area contributed by atoms with Gasteiger partial charge in [0.25, 0.3) is 11.8 Å². The Hall–Kier alpha value is -3.54. The van der Waals surface area contributed by atoms with Crippen LogP contribution in [0.5, 0.6) is 6.01 Å². The van der Waals surface area contributed by atoms with E-state index in [-0.39, 0.29) is 29.1 Å². The molecule has 0 unspecified atom stereocenters. The van der Waals surface area contributed by atoms with Crippen molar-refractivity contribution in [2.24, 2.45) is 17.6 Å². The van der Waals surface area contributed by atoms with Gasteiger partial charge in [0.15, 0.2) is 5.69 Å². The highest BCUT2D eigenvalue weighted by Gasteiger charge is 2.30. The molecule has 1 saturated heterocycles. The van der Waals surface area contributed by atoms with E-state index in [0.717, 1.165) is 31.4 Å². The highest BCUT2D eigenvalue weighted by Crippen LogP contribution is 2.33. The summed E-state index contributed by atoms with van der Waals surface area (Å²) in [6, 6.07) is 3.07. The smallest absolute Gasteiger partial charge is 0.321 e. The van der Waals surface area contributed by atoms with Gasteiger partial charge >= 0.3 is 6.01 Å². The monoisotopic (exact) mass is 526 g/mol. The Labute approximate surface area is 222 Å². The van der Waals surface area contributed by atoms with Gasteiger partial charge < -0.3 is 31.5 Å². The number of nitrogens with two attached hydrogens (primary N) is 2. The van der Waals surface area contributed by atoms with Gasteiger partial charge in [-0.25, -0.2) is 4.98 Å². The third-order valence-corrected chi connectivity index (χ3v) is 7.51. The molecule has 1 aliphatic heterocycles. The fraction of sp³-hybridized carbons (Fsp3) is 0.615. The summed E-state index contributed by atoms with van der Waals surface area (Å²) in [5.74, 6) is 0.393. The zero-order valence-corrected chi connectivity index (χ0v) is 22.5. The molecule has 1 aliphatic carbocycles. The summed E-state index contributed by atoms with van der Waals surface area (Å²) in [4.78, 5) is 44.3. The van der Waals surface area contributed by atoms with E-state index in [0.29, 0.717) is 37.5 Å². The molecular weight excluding hydrogens is 488 g/mol. The van der Waals surface area contributed by atoms with Crippen molar-refractivity contribution >= 4 is 23.5 Å². The predicted molar refractivity (Wildman–Crippen MR) is 142 cm³/mol. The maximum Gasteiger partial charge on any atom is 0.321 e. The largest absolute Gasteiger partial charge is 0.463 e. The van der Waals surface area contributed by atoms with Gasteiger partial charge in [-0.15, -0.1) is 0 Å². The standard InChI is InChI=1S/C26H38N8O4/c1-14-11-16(12-14)13-38-25-32-22(23(36)29-15(2)26(3,4)37)31-24(33-25)34-9-7-17(8-10-34)19-6-5-18(27)20(30-19)21(28)35/h5-6,14-17,37H,7-13,27H2,1-4H3,(H2,28,35)(H,29,36)/t14?,15-,16?/m1/s1. The first-order chi connectivity index (χ1) is 17.9. The van der Waals surface area contributed by atoms with Gasteiger partial charge in [-0.05, 0) is 70.4 Å². The van der Waals surface area contributed by atoms with Gasteiger partial charge in [0.05, 0.1) is 23.9 Å². The molecule has 1 atom stereocenters. The molecule has 1 saturated carbocycles. The number of aromatic nitrogens is 4. The second-order valence-corrected chi connectivity index (χ2v) is 11.1. The number of carbonyl (C=O) groups is 2. The van der Waals surface area contributed by atoms with Crippen molar-refractivity contribution in [1.82, 2.24) is 25.3 Å². The number of carbonyl (C=O) groups excluding carboxylic acids is 2. The van der Waals surface area contributed by atoms with Gasteiger partial charge in [0.1, 0.15) is 0 Å². The second-order valence-electron chi connectivity index (χ2n) is 11.1. The minimum atomic E-state index is -1.11. The van der Waals surface area contributed by atoms with Crippen molar-refractivity contribution in [1.29, 1.82) is 0 Å². The summed E-state index contributed by atoms with van der Waals surface area (Å²) in [6.07, 6.45) is 3.65. The summed E-state index contributed by atoms with van der Waals surface area (Å²) < 4.78 is 5.91. The topological polar surface area (TPSA) is 182 Å². The summed E-state index contributed by atoms with van der Waals surface area (Å²) in [5.41, 5.74) is 11.2. The molecule has 2 aromatic heterocycles. The number of anilines is 2. The van der Waals surface area contributed by atoms with Gasteiger partial charge in [-0.2, -0.15) is 15.0 Å². The lowest BCUT2D eigenvalue weighted by Gasteiger charge is -2.33. The molecule has 2 amide bonds. The van der Waals surface area contributed by atoms with E-state index < -0.39 is 23.5 Å². The summed E-state index contributed by atoms with van der Waals surface area (Å²) >= 11 is 0. The molecule has 38 heavy (non-hydrogen) atoms. The molecule has 0 spiro atoms. The molecule has 0 aromatic carbocycles. The van der Waals surface area contributed by atoms with E-state index in [4.69, 9.17) is 16.2 Å². The number of amides is 2. The second kappa shape index (κ2) is 11.1. The van der Waals surface area contributed by atoms with Crippen molar-refractivity contribution < 1.29 is 19.4 Å². The van der Waals surface area contributed by atoms with Crippen LogP contribution in [0, 0.1) is 11.8 Å². The van der Waals surface area contributed by atoms with E-state index >= 15 is 0 Å². The van der Waals surface area contributed by atoms with Crippen molar-refractivity contribution in [2.45, 2.75) is 70.9 Å². The highest BCUT2D eigenvalue weighted by molar-refractivity contribution is 5.95. The van der Waals surface area contributed by atoms with Crippen molar-refractivity contribution in [3.05, 3.63) is 29.3 Å². The number of piperidine rings is 1. The lowest BCUT2D eigenvalue weighted by Crippen LogP contribution is -2.47. The average Bonchev–Trinajstić information content (AvgIpc) is 2.85. The quantitative estimate of drug-likeness (QED) is 0.375. The highest BCUT2D eigenvalue weighted by atomic mass is 16.5. The van der Waals surface area contributed by atoms with E-state index in [1.54, 1.807) is 26.8 Å². The van der Waals surface area contributed by atoms with Gasteiger partial charge in [0.2, 0.25) is 11.8 Å². The fourth-order valence-corrected chi connectivity index (χ4v) is 4.77. The van der Waals surface area contributed by atoms with Crippen LogP contribution in [0.25, 0.3) is 0 Å². The number of nitrogens with one attached hydrogen (secondary N) is 1. The Morgan fingerprint density at radius 2 is 1.87 bits per heavy atom. The number of rotatable bonds is 9. The summed E-state index contributed by atoms with van der Waals surface area (Å²) in [5, 5.41) is 13.0. The molecule has 6 N–H and O–H groups in total. The summed E-state index contributed by atoms with van der Waals surface area (Å²) in [7, 11) is 0. The maximum atomic E-state index is 13.0. The number of nitrogen functional groups attached to an aromatic ring is 1. The fourth-order valence-electron chi connectivity index (χ4n) is 4.77. The number of pyridine rings is 1. The third kappa shape index (κ3) is 6.47. The third-order valence-electron chi connectivity index (χ3n) is 7.51. The van der Waals surface area contributed by atoms with Crippen LogP contribution in [0.2, 0.25) is 0 Å². The number of hydrogen-bond donors (Lipinski definition) is 4. The van der Waals surface area contributed by atoms with Crippen molar-refractivity contribution in [3.8, 4) is 6.01 Å². The molecule has 2 aromatic rings. The lowest BCUT2D eigenvalue weighted by molar-refractivity contribution is 0.0405. The van der Waals surface area contributed by atoms with E-state index in [2.05, 4.69) is 32.2 Å². The van der Waals surface area contributed by atoms with Crippen LogP contribution >= 0.6 is 0 Å². The van der Waals surface area contributed by atoms with Crippen LogP contribution in [0.1, 0.15) is 86.1 Å². The maximum absolute atomic E-state index is 13.0. The van der Waals surface area contributed by atoms with Gasteiger partial charge in [-0.1, -0.05) is 6.92 Å². The number of hydrogen-bond acceptors (Lipinski definition) is 10. The Morgan fingerprint density at radius 3 is 2.47 bits per heavy atom. The van der Waals surface area contributed by atoms with Crippen LogP contribution < -0.4 is 26.4 Å². The first-order valence-corrected chi connectivity index (χ1v) is 13.1. The first-order valence-electron chi connectivity index (χ1n) is 13.1. The number of aliphatic hydroxyl groups is 1. The minimum Gasteiger partial charge on any atom is -0.463 e. The van der Waals surface area contributed by atoms with Crippen LogP contribution in [-0.2, 0) is 0 Å². The zero-order valence-electron chi connectivity index (χ0n) is 22.5. The Morgan fingerprint density at radius 1 is 1.18 bits per heavy atom. The number of primary amides is 1. The van der Waals surface area contributed by atoms with Crippen LogP contribution in [0.15, 0.2) is 12.1 Å². The molecule has 12 heteroatoms. The minimum absolute atomic E-state index is 0.0588. The predicted octanol–water partition coefficient (Wildman–Crippen LogP) is 1.65. The molecule has 2 fully saturated rings. The molecule has 206 valence electrons. The number of nitrogens with zero attached hydrogens (tertiary/aromatic N) is 5. The van der Waals surface area contributed by atoms with Crippen molar-refractivity contribution in [2.75, 3.05) is 30.3 Å². The molecule has 0 radical (unpaired) electrons. The Balaban J connectivity index is 1.50. The van der Waals surface area contributed by atoms with Gasteiger partial charge in [-0.3, -0.25) is 9.59 Å². The van der Waals surface area contributed by atoms with E-state index in [1.807, 2.05) is 11.0 Å². The molecule has 4 rings (SSSR count). The average molecular weight is 527 g/mol. The molecular formula is C26H38N8O4. The SMILES string of the molecule is CC1CC(COc2nc(C(=O)N[C@H](C)C(C)(C)O)nc(N3CCC(c4ccc(N)c(C(N)=O)n4)CC3)n2)C1. The normalized spacial score (nSPS) is 20.9. The first kappa shape index (κ1) is 27.5. The molecule has 12 nitrogen and oxygen atoms in total. The number of ether oxygens (including phenoxy) is 1. The van der Waals surface area contributed by atoms with Crippen LogP contribution in [0.4, 0.5) is 11.6 Å². The Kier molecular flexibility index (Phi) is 8.00. The molecule has 0 bridgehead atoms. The Bertz CT molecular complexity index is 1170. The summed E-state index contributed by atoms with van der Waals surface area (Å²) in [6.45, 7) is 8.87. The van der Waals surface area contributed by atoms with E-state index in [9.17, 15) is 14.7 Å². The van der Waals surface area contributed by atoms with Crippen LogP contribution in [0.3, 0.4) is 0 Å².